The maximum absolute atomic E-state index is 17.0. The number of benzene rings is 2. The molecule has 1 N–H and O–H groups in total. The average molecular weight is 558 g/mol. The van der Waals surface area contributed by atoms with E-state index in [0.29, 0.717) is 29.6 Å². The second-order valence-corrected chi connectivity index (χ2v) is 11.8. The Labute approximate surface area is 236 Å². The molecule has 2 atom stereocenters. The molecule has 0 radical (unpaired) electrons. The number of ether oxygens (including phenoxy) is 1. The summed E-state index contributed by atoms with van der Waals surface area (Å²) >= 11 is 0. The molecule has 1 aliphatic carbocycles. The van der Waals surface area contributed by atoms with Crippen LogP contribution in [-0.4, -0.2) is 42.9 Å². The van der Waals surface area contributed by atoms with Crippen molar-refractivity contribution in [2.45, 2.75) is 51.2 Å². The molecule has 0 spiro atoms. The summed E-state index contributed by atoms with van der Waals surface area (Å²) in [6.45, 7) is 4.66. The van der Waals surface area contributed by atoms with Crippen LogP contribution < -0.4 is 0 Å². The Morgan fingerprint density at radius 1 is 1.07 bits per heavy atom. The van der Waals surface area contributed by atoms with Gasteiger partial charge in [-0.15, -0.1) is 5.10 Å². The predicted molar refractivity (Wildman–Crippen MR) is 152 cm³/mol. The van der Waals surface area contributed by atoms with E-state index in [4.69, 9.17) is 9.72 Å². The van der Waals surface area contributed by atoms with Gasteiger partial charge in [0.2, 0.25) is 0 Å². The van der Waals surface area contributed by atoms with E-state index in [9.17, 15) is 5.11 Å². The third-order valence-electron chi connectivity index (χ3n) is 9.09. The Balaban J connectivity index is 1.59. The van der Waals surface area contributed by atoms with Gasteiger partial charge in [-0.05, 0) is 69.1 Å². The van der Waals surface area contributed by atoms with Gasteiger partial charge >= 0.3 is 0 Å². The minimum atomic E-state index is -1.61. The molecule has 41 heavy (non-hydrogen) atoms. The maximum atomic E-state index is 17.0. The summed E-state index contributed by atoms with van der Waals surface area (Å²) in [5.41, 5.74) is 2.98. The van der Waals surface area contributed by atoms with Crippen LogP contribution in [0, 0.1) is 30.4 Å². The lowest BCUT2D eigenvalue weighted by molar-refractivity contribution is 0.0259. The second-order valence-electron chi connectivity index (χ2n) is 11.8. The van der Waals surface area contributed by atoms with Crippen molar-refractivity contribution in [3.05, 3.63) is 77.1 Å². The number of nitrogens with zero attached hydrogens (tertiary/aromatic N) is 5. The van der Waals surface area contributed by atoms with Crippen LogP contribution in [0.2, 0.25) is 0 Å². The summed E-state index contributed by atoms with van der Waals surface area (Å²) in [5.74, 6) is -1.49. The molecule has 0 amide bonds. The molecule has 0 unspecified atom stereocenters. The highest BCUT2D eigenvalue weighted by Gasteiger charge is 2.45. The van der Waals surface area contributed by atoms with Crippen molar-refractivity contribution in [3.8, 4) is 11.3 Å². The molecule has 1 aliphatic heterocycles. The van der Waals surface area contributed by atoms with Crippen molar-refractivity contribution in [3.63, 3.8) is 0 Å². The molecule has 4 heterocycles. The van der Waals surface area contributed by atoms with E-state index in [1.54, 1.807) is 10.9 Å². The van der Waals surface area contributed by atoms with Crippen LogP contribution in [0.5, 0.6) is 0 Å². The highest BCUT2D eigenvalue weighted by atomic mass is 19.1. The van der Waals surface area contributed by atoms with Gasteiger partial charge in [0.05, 0.1) is 45.1 Å². The zero-order chi connectivity index (χ0) is 28.5. The van der Waals surface area contributed by atoms with Crippen molar-refractivity contribution in [1.82, 2.24) is 24.5 Å². The Bertz CT molecular complexity index is 1750. The number of hydrogen-bond acceptors (Lipinski definition) is 5. The number of aliphatic hydroxyl groups is 1. The van der Waals surface area contributed by atoms with Gasteiger partial charge in [-0.1, -0.05) is 35.5 Å². The molecule has 0 bridgehead atoms. The molecule has 7 rings (SSSR count). The first-order valence-corrected chi connectivity index (χ1v) is 14.3. The fraction of sp³-hybridized carbons (Fsp3) is 0.406. The number of aryl methyl sites for hydroxylation is 2. The van der Waals surface area contributed by atoms with Crippen LogP contribution >= 0.6 is 0 Å². The molecular weight excluding hydrogens is 524 g/mol. The van der Waals surface area contributed by atoms with Gasteiger partial charge < -0.3 is 14.4 Å². The standard InChI is InChI=1S/C32H33F2N5O2/c1-18-29(38(3)37-36-18)21-15-25-28(35-17-21)23-16-24(33)26(32(2,40)22-9-10-22)27(34)31(23)39(25)30(19-7-5-4-6-8-19)20-11-13-41-14-12-20/h4-8,15-17,20,22,30,40H,9-14H2,1-3H3/t30-,32+/m1/s1. The smallest absolute Gasteiger partial charge is 0.156 e. The number of hydrogen-bond donors (Lipinski definition) is 1. The molecule has 1 saturated heterocycles. The first-order valence-electron chi connectivity index (χ1n) is 14.3. The van der Waals surface area contributed by atoms with Gasteiger partial charge in [0.25, 0.3) is 0 Å². The largest absolute Gasteiger partial charge is 0.385 e. The summed E-state index contributed by atoms with van der Waals surface area (Å²) in [7, 11) is 1.82. The van der Waals surface area contributed by atoms with E-state index in [0.717, 1.165) is 48.2 Å². The zero-order valence-corrected chi connectivity index (χ0v) is 23.4. The highest BCUT2D eigenvalue weighted by Crippen LogP contribution is 2.49. The number of rotatable bonds is 6. The fourth-order valence-electron chi connectivity index (χ4n) is 6.89. The Morgan fingerprint density at radius 2 is 1.80 bits per heavy atom. The molecule has 2 fully saturated rings. The predicted octanol–water partition coefficient (Wildman–Crippen LogP) is 6.21. The van der Waals surface area contributed by atoms with Crippen molar-refractivity contribution >= 4 is 21.9 Å². The highest BCUT2D eigenvalue weighted by molar-refractivity contribution is 6.07. The van der Waals surface area contributed by atoms with Gasteiger partial charge in [-0.2, -0.15) is 0 Å². The molecule has 9 heteroatoms. The van der Waals surface area contributed by atoms with Crippen LogP contribution in [0.25, 0.3) is 33.2 Å². The first-order chi connectivity index (χ1) is 19.8. The summed E-state index contributed by atoms with van der Waals surface area (Å²) in [6, 6.07) is 13.2. The molecule has 1 saturated carbocycles. The Hall–Kier alpha value is -3.69. The molecule has 2 aromatic carbocycles. The minimum Gasteiger partial charge on any atom is -0.385 e. The minimum absolute atomic E-state index is 0.144. The lowest BCUT2D eigenvalue weighted by Gasteiger charge is -2.33. The molecular formula is C32H33F2N5O2. The first kappa shape index (κ1) is 26.2. The van der Waals surface area contributed by atoms with E-state index in [-0.39, 0.29) is 29.0 Å². The van der Waals surface area contributed by atoms with Crippen LogP contribution in [0.3, 0.4) is 0 Å². The van der Waals surface area contributed by atoms with E-state index >= 15 is 8.78 Å². The quantitative estimate of drug-likeness (QED) is 0.269. The van der Waals surface area contributed by atoms with Crippen molar-refractivity contribution in [2.75, 3.05) is 13.2 Å². The molecule has 212 valence electrons. The molecule has 5 aromatic rings. The van der Waals surface area contributed by atoms with Gasteiger partial charge in [0.15, 0.2) is 5.82 Å². The van der Waals surface area contributed by atoms with Crippen molar-refractivity contribution in [2.24, 2.45) is 18.9 Å². The lowest BCUT2D eigenvalue weighted by atomic mass is 9.86. The Kier molecular flexibility index (Phi) is 6.21. The normalized spacial score (nSPS) is 18.7. The molecule has 7 nitrogen and oxygen atoms in total. The number of pyridine rings is 1. The van der Waals surface area contributed by atoms with Crippen LogP contribution in [0.4, 0.5) is 8.78 Å². The summed E-state index contributed by atoms with van der Waals surface area (Å²) in [5, 5.41) is 20.2. The lowest BCUT2D eigenvalue weighted by Crippen LogP contribution is -2.29. The van der Waals surface area contributed by atoms with E-state index in [1.807, 2.05) is 42.8 Å². The number of halogens is 2. The van der Waals surface area contributed by atoms with E-state index in [2.05, 4.69) is 22.4 Å². The number of fused-ring (bicyclic) bond motifs is 3. The Morgan fingerprint density at radius 3 is 2.46 bits per heavy atom. The monoisotopic (exact) mass is 557 g/mol. The number of aromatic nitrogens is 5. The maximum Gasteiger partial charge on any atom is 0.156 e. The molecule has 3 aromatic heterocycles. The third-order valence-corrected chi connectivity index (χ3v) is 9.09. The topological polar surface area (TPSA) is 78.0 Å². The van der Waals surface area contributed by atoms with Gasteiger partial charge in [-0.3, -0.25) is 4.98 Å². The van der Waals surface area contributed by atoms with E-state index < -0.39 is 17.2 Å². The van der Waals surface area contributed by atoms with E-state index in [1.165, 1.54) is 13.0 Å². The molecule has 2 aliphatic rings. The van der Waals surface area contributed by atoms with Gasteiger partial charge in [-0.25, -0.2) is 13.5 Å². The zero-order valence-electron chi connectivity index (χ0n) is 23.4. The summed E-state index contributed by atoms with van der Waals surface area (Å²) in [4.78, 5) is 4.80. The fourth-order valence-corrected chi connectivity index (χ4v) is 6.89. The third kappa shape index (κ3) is 4.16. The second kappa shape index (κ2) is 9.70. The van der Waals surface area contributed by atoms with Crippen LogP contribution in [0.15, 0.2) is 48.7 Å². The summed E-state index contributed by atoms with van der Waals surface area (Å²) in [6.07, 6.45) is 4.80. The van der Waals surface area contributed by atoms with Crippen molar-refractivity contribution in [1.29, 1.82) is 0 Å². The SMILES string of the molecule is Cc1nnn(C)c1-c1cnc2c3cc(F)c([C@@](C)(O)C4CC4)c(F)c3n([C@H](c3ccccc3)C3CCOCC3)c2c1. The van der Waals surface area contributed by atoms with Gasteiger partial charge in [0, 0.05) is 37.4 Å². The van der Waals surface area contributed by atoms with Crippen LogP contribution in [0.1, 0.15) is 55.5 Å². The summed E-state index contributed by atoms with van der Waals surface area (Å²) < 4.78 is 42.2. The van der Waals surface area contributed by atoms with Crippen LogP contribution in [-0.2, 0) is 17.4 Å². The average Bonchev–Trinajstić information content (AvgIpc) is 3.72. The van der Waals surface area contributed by atoms with Gasteiger partial charge in [0.1, 0.15) is 5.82 Å². The van der Waals surface area contributed by atoms with Crippen molar-refractivity contribution < 1.29 is 18.6 Å².